The largest absolute Gasteiger partial charge is 0.370 e. The van der Waals surface area contributed by atoms with E-state index in [0.717, 1.165) is 36.0 Å². The van der Waals surface area contributed by atoms with Crippen LogP contribution >= 0.6 is 24.0 Å². The van der Waals surface area contributed by atoms with Crippen LogP contribution in [0.5, 0.6) is 0 Å². The van der Waals surface area contributed by atoms with Gasteiger partial charge >= 0.3 is 0 Å². The molecule has 0 saturated carbocycles. The summed E-state index contributed by atoms with van der Waals surface area (Å²) in [4.78, 5) is 4.39. The summed E-state index contributed by atoms with van der Waals surface area (Å²) in [5, 5.41) is 5.25. The predicted molar refractivity (Wildman–Crippen MR) is 74.5 cm³/mol. The summed E-state index contributed by atoms with van der Waals surface area (Å²) in [6, 6.07) is 8.05. The molecule has 1 aliphatic heterocycles. The maximum Gasteiger partial charge on any atom is 0.117 e. The standard InChI is InChI=1S/C12H12ClN3.ClH/c13-10-2-1-9-3-6-16(11(9)7-10)8-12-14-4-5-15-12;/h1-3,6-7H,4-5,8H2,(H,14,15);1H. The second-order valence-corrected chi connectivity index (χ2v) is 4.34. The van der Waals surface area contributed by atoms with Gasteiger partial charge in [-0.3, -0.25) is 4.99 Å². The van der Waals surface area contributed by atoms with Crippen molar-refractivity contribution in [1.29, 1.82) is 0 Å². The molecule has 1 aromatic heterocycles. The normalized spacial score (nSPS) is 14.3. The summed E-state index contributed by atoms with van der Waals surface area (Å²) < 4.78 is 2.17. The van der Waals surface area contributed by atoms with Crippen molar-refractivity contribution in [2.75, 3.05) is 13.1 Å². The third-order valence-electron chi connectivity index (χ3n) is 2.80. The number of nitrogens with zero attached hydrogens (tertiary/aromatic N) is 2. The molecule has 0 fully saturated rings. The summed E-state index contributed by atoms with van der Waals surface area (Å²) in [5.41, 5.74) is 1.16. The van der Waals surface area contributed by atoms with Gasteiger partial charge in [0.15, 0.2) is 0 Å². The Morgan fingerprint density at radius 1 is 1.35 bits per heavy atom. The summed E-state index contributed by atoms with van der Waals surface area (Å²) in [6.45, 7) is 2.63. The minimum Gasteiger partial charge on any atom is -0.370 e. The van der Waals surface area contributed by atoms with Crippen LogP contribution in [0.3, 0.4) is 0 Å². The average Bonchev–Trinajstić information content (AvgIpc) is 2.90. The highest BCUT2D eigenvalue weighted by Gasteiger charge is 2.07. The van der Waals surface area contributed by atoms with Crippen LogP contribution in [0.4, 0.5) is 0 Å². The molecule has 2 aromatic rings. The number of hydrogen-bond acceptors (Lipinski definition) is 2. The number of rotatable bonds is 2. The molecular formula is C12H13Cl2N3. The molecule has 2 heterocycles. The minimum atomic E-state index is 0. The monoisotopic (exact) mass is 269 g/mol. The van der Waals surface area contributed by atoms with Gasteiger partial charge in [0, 0.05) is 23.3 Å². The van der Waals surface area contributed by atoms with Gasteiger partial charge in [0.2, 0.25) is 0 Å². The Morgan fingerprint density at radius 2 is 2.24 bits per heavy atom. The molecule has 17 heavy (non-hydrogen) atoms. The highest BCUT2D eigenvalue weighted by Crippen LogP contribution is 2.20. The smallest absolute Gasteiger partial charge is 0.117 e. The first-order valence-electron chi connectivity index (χ1n) is 5.34. The zero-order valence-electron chi connectivity index (χ0n) is 9.19. The number of aromatic nitrogens is 1. The maximum absolute atomic E-state index is 6.01. The third-order valence-corrected chi connectivity index (χ3v) is 3.03. The molecule has 90 valence electrons. The lowest BCUT2D eigenvalue weighted by atomic mass is 10.2. The van der Waals surface area contributed by atoms with Gasteiger partial charge in [0.1, 0.15) is 5.84 Å². The van der Waals surface area contributed by atoms with Crippen LogP contribution in [0, 0.1) is 0 Å². The van der Waals surface area contributed by atoms with Gasteiger partial charge in [-0.1, -0.05) is 17.7 Å². The van der Waals surface area contributed by atoms with Gasteiger partial charge in [-0.15, -0.1) is 12.4 Å². The highest BCUT2D eigenvalue weighted by atomic mass is 35.5. The molecule has 1 N–H and O–H groups in total. The Morgan fingerprint density at radius 3 is 3.00 bits per heavy atom. The van der Waals surface area contributed by atoms with Crippen LogP contribution in [0.2, 0.25) is 5.02 Å². The number of aliphatic imine (C=N–C) groups is 1. The number of benzene rings is 1. The van der Waals surface area contributed by atoms with Crippen LogP contribution in [-0.2, 0) is 6.54 Å². The van der Waals surface area contributed by atoms with E-state index in [1.807, 2.05) is 18.2 Å². The topological polar surface area (TPSA) is 29.3 Å². The van der Waals surface area contributed by atoms with Gasteiger partial charge in [0.05, 0.1) is 13.1 Å². The molecule has 0 unspecified atom stereocenters. The minimum absolute atomic E-state index is 0. The van der Waals surface area contributed by atoms with E-state index in [9.17, 15) is 0 Å². The summed E-state index contributed by atoms with van der Waals surface area (Å²) in [7, 11) is 0. The van der Waals surface area contributed by atoms with Crippen molar-refractivity contribution in [3.05, 3.63) is 35.5 Å². The van der Waals surface area contributed by atoms with Crippen LogP contribution < -0.4 is 5.32 Å². The van der Waals surface area contributed by atoms with E-state index >= 15 is 0 Å². The maximum atomic E-state index is 6.01. The van der Waals surface area contributed by atoms with Gasteiger partial charge in [0.25, 0.3) is 0 Å². The van der Waals surface area contributed by atoms with E-state index in [1.54, 1.807) is 0 Å². The Bertz CT molecular complexity index is 560. The summed E-state index contributed by atoms with van der Waals surface area (Å²) in [6.07, 6.45) is 2.07. The first-order valence-corrected chi connectivity index (χ1v) is 5.72. The fraction of sp³-hybridized carbons (Fsp3) is 0.250. The zero-order chi connectivity index (χ0) is 11.0. The van der Waals surface area contributed by atoms with Crippen molar-refractivity contribution >= 4 is 40.7 Å². The quantitative estimate of drug-likeness (QED) is 0.893. The van der Waals surface area contributed by atoms with Crippen molar-refractivity contribution in [2.24, 2.45) is 4.99 Å². The summed E-state index contributed by atoms with van der Waals surface area (Å²) in [5.74, 6) is 1.05. The molecule has 0 amide bonds. The molecule has 0 spiro atoms. The fourth-order valence-electron chi connectivity index (χ4n) is 2.01. The van der Waals surface area contributed by atoms with Gasteiger partial charge in [-0.2, -0.15) is 0 Å². The molecule has 0 aliphatic carbocycles. The first-order chi connectivity index (χ1) is 7.83. The molecule has 0 radical (unpaired) electrons. The Balaban J connectivity index is 0.00000108. The fourth-order valence-corrected chi connectivity index (χ4v) is 2.18. The number of nitrogens with one attached hydrogen (secondary N) is 1. The predicted octanol–water partition coefficient (Wildman–Crippen LogP) is 2.72. The van der Waals surface area contributed by atoms with E-state index in [1.165, 1.54) is 5.39 Å². The Labute approximate surface area is 111 Å². The molecule has 5 heteroatoms. The third kappa shape index (κ3) is 2.40. The van der Waals surface area contributed by atoms with Crippen molar-refractivity contribution in [3.63, 3.8) is 0 Å². The van der Waals surface area contributed by atoms with E-state index < -0.39 is 0 Å². The second kappa shape index (κ2) is 4.98. The first kappa shape index (κ1) is 12.3. The van der Waals surface area contributed by atoms with Crippen LogP contribution in [0.1, 0.15) is 0 Å². The Kier molecular flexibility index (Phi) is 3.60. The molecular weight excluding hydrogens is 257 g/mol. The lowest BCUT2D eigenvalue weighted by Crippen LogP contribution is -2.23. The highest BCUT2D eigenvalue weighted by molar-refractivity contribution is 6.31. The second-order valence-electron chi connectivity index (χ2n) is 3.90. The van der Waals surface area contributed by atoms with Crippen LogP contribution in [0.25, 0.3) is 10.9 Å². The zero-order valence-corrected chi connectivity index (χ0v) is 10.8. The molecule has 3 nitrogen and oxygen atoms in total. The molecule has 0 bridgehead atoms. The van der Waals surface area contributed by atoms with Crippen molar-refractivity contribution in [2.45, 2.75) is 6.54 Å². The van der Waals surface area contributed by atoms with E-state index in [0.29, 0.717) is 0 Å². The number of amidine groups is 1. The van der Waals surface area contributed by atoms with E-state index in [2.05, 4.69) is 27.1 Å². The van der Waals surface area contributed by atoms with Gasteiger partial charge in [-0.25, -0.2) is 0 Å². The molecule has 0 atom stereocenters. The lowest BCUT2D eigenvalue weighted by molar-refractivity contribution is 0.863. The van der Waals surface area contributed by atoms with E-state index in [4.69, 9.17) is 11.6 Å². The molecule has 0 saturated heterocycles. The van der Waals surface area contributed by atoms with Crippen molar-refractivity contribution in [1.82, 2.24) is 9.88 Å². The van der Waals surface area contributed by atoms with Crippen LogP contribution in [0.15, 0.2) is 35.5 Å². The molecule has 3 rings (SSSR count). The van der Waals surface area contributed by atoms with Gasteiger partial charge < -0.3 is 9.88 Å². The molecule has 1 aromatic carbocycles. The van der Waals surface area contributed by atoms with Crippen molar-refractivity contribution in [3.8, 4) is 0 Å². The molecule has 1 aliphatic rings. The van der Waals surface area contributed by atoms with Gasteiger partial charge in [-0.05, 0) is 23.6 Å². The lowest BCUT2D eigenvalue weighted by Gasteiger charge is -2.06. The average molecular weight is 270 g/mol. The van der Waals surface area contributed by atoms with Crippen molar-refractivity contribution < 1.29 is 0 Å². The SMILES string of the molecule is Cl.Clc1ccc2ccn(CC3=NCCN3)c2c1. The summed E-state index contributed by atoms with van der Waals surface area (Å²) >= 11 is 6.01. The number of halogens is 2. The number of fused-ring (bicyclic) bond motifs is 1. The van der Waals surface area contributed by atoms with E-state index in [-0.39, 0.29) is 12.4 Å². The Hall–Kier alpha value is -1.19. The van der Waals surface area contributed by atoms with Crippen LogP contribution in [-0.4, -0.2) is 23.5 Å². The number of hydrogen-bond donors (Lipinski definition) is 1.